The van der Waals surface area contributed by atoms with Gasteiger partial charge in [0.05, 0.1) is 4.90 Å². The molecular formula is C12H12F5NO4S. The highest BCUT2D eigenvalue weighted by molar-refractivity contribution is 7.92. The Morgan fingerprint density at radius 3 is 2.48 bits per heavy atom. The van der Waals surface area contributed by atoms with Crippen LogP contribution in [0, 0.1) is 0 Å². The third-order valence-corrected chi connectivity index (χ3v) is 4.87. The van der Waals surface area contributed by atoms with Crippen molar-refractivity contribution < 1.29 is 40.2 Å². The van der Waals surface area contributed by atoms with Crippen LogP contribution in [-0.4, -0.2) is 38.1 Å². The zero-order chi connectivity index (χ0) is 17.6. The highest BCUT2D eigenvalue weighted by atomic mass is 32.2. The second-order valence-electron chi connectivity index (χ2n) is 4.88. The van der Waals surface area contributed by atoms with E-state index in [9.17, 15) is 35.5 Å². The van der Waals surface area contributed by atoms with E-state index < -0.39 is 49.8 Å². The van der Waals surface area contributed by atoms with Crippen LogP contribution in [0.15, 0.2) is 17.0 Å². The highest BCUT2D eigenvalue weighted by Crippen LogP contribution is 2.50. The quantitative estimate of drug-likeness (QED) is 0.794. The smallest absolute Gasteiger partial charge is 0.492 e. The van der Waals surface area contributed by atoms with Crippen LogP contribution in [0.3, 0.4) is 0 Å². The Labute approximate surface area is 127 Å². The van der Waals surface area contributed by atoms with Gasteiger partial charge in [-0.15, -0.1) is 0 Å². The summed E-state index contributed by atoms with van der Waals surface area (Å²) >= 11 is 0. The van der Waals surface area contributed by atoms with Crippen molar-refractivity contribution in [2.45, 2.75) is 28.9 Å². The lowest BCUT2D eigenvalue weighted by molar-refractivity contribution is -0.0978. The van der Waals surface area contributed by atoms with Crippen molar-refractivity contribution in [3.8, 4) is 5.75 Å². The van der Waals surface area contributed by atoms with Gasteiger partial charge in [-0.25, -0.2) is 17.2 Å². The van der Waals surface area contributed by atoms with Crippen molar-refractivity contribution in [2.24, 2.45) is 5.73 Å². The molecule has 11 heteroatoms. The van der Waals surface area contributed by atoms with Gasteiger partial charge in [0.2, 0.25) is 0 Å². The second kappa shape index (κ2) is 5.56. The molecule has 0 radical (unpaired) electrons. The Morgan fingerprint density at radius 2 is 1.96 bits per heavy atom. The monoisotopic (exact) mass is 361 g/mol. The molecule has 0 bridgehead atoms. The number of fused-ring (bicyclic) bond motifs is 1. The molecule has 130 valence electrons. The minimum atomic E-state index is -5.90. The van der Waals surface area contributed by atoms with Crippen LogP contribution < -0.4 is 10.5 Å². The molecule has 1 aromatic carbocycles. The summed E-state index contributed by atoms with van der Waals surface area (Å²) in [7, 11) is -5.90. The van der Waals surface area contributed by atoms with Gasteiger partial charge in [-0.05, 0) is 12.1 Å². The first-order chi connectivity index (χ1) is 10.4. The van der Waals surface area contributed by atoms with Gasteiger partial charge in [0.25, 0.3) is 15.8 Å². The first-order valence-electron chi connectivity index (χ1n) is 6.29. The fraction of sp³-hybridized carbons (Fsp3) is 0.500. The van der Waals surface area contributed by atoms with Crippen molar-refractivity contribution in [2.75, 3.05) is 13.2 Å². The molecule has 0 amide bonds. The third kappa shape index (κ3) is 2.88. The number of nitrogens with two attached hydrogens (primary N) is 1. The van der Waals surface area contributed by atoms with Gasteiger partial charge in [0, 0.05) is 24.1 Å². The number of hydrogen-bond acceptors (Lipinski definition) is 5. The molecule has 0 aliphatic heterocycles. The van der Waals surface area contributed by atoms with Gasteiger partial charge < -0.3 is 15.6 Å². The second-order valence-corrected chi connectivity index (χ2v) is 6.79. The van der Waals surface area contributed by atoms with E-state index in [2.05, 4.69) is 0 Å². The molecule has 0 heterocycles. The maximum absolute atomic E-state index is 13.7. The number of aliphatic hydroxyl groups is 1. The topological polar surface area (TPSA) is 89.6 Å². The van der Waals surface area contributed by atoms with Gasteiger partial charge >= 0.3 is 5.51 Å². The van der Waals surface area contributed by atoms with Crippen LogP contribution in [0.5, 0.6) is 5.75 Å². The summed E-state index contributed by atoms with van der Waals surface area (Å²) in [6, 6.07) is 1.35. The number of benzene rings is 1. The summed E-state index contributed by atoms with van der Waals surface area (Å²) in [6.07, 6.45) is -3.81. The van der Waals surface area contributed by atoms with Crippen molar-refractivity contribution in [1.29, 1.82) is 0 Å². The third-order valence-electron chi connectivity index (χ3n) is 3.33. The minimum absolute atomic E-state index is 0.0102. The molecule has 23 heavy (non-hydrogen) atoms. The van der Waals surface area contributed by atoms with E-state index in [0.29, 0.717) is 6.07 Å². The molecule has 1 atom stereocenters. The van der Waals surface area contributed by atoms with E-state index in [1.165, 1.54) is 0 Å². The average molecular weight is 361 g/mol. The molecule has 0 saturated carbocycles. The van der Waals surface area contributed by atoms with Crippen LogP contribution in [-0.2, 0) is 16.3 Å². The van der Waals surface area contributed by atoms with Gasteiger partial charge in [0.1, 0.15) is 18.5 Å². The van der Waals surface area contributed by atoms with Crippen LogP contribution >= 0.6 is 0 Å². The molecule has 1 aliphatic carbocycles. The van der Waals surface area contributed by atoms with Gasteiger partial charge in [-0.1, -0.05) is 0 Å². The summed E-state index contributed by atoms with van der Waals surface area (Å²) in [6.45, 7) is -0.101. The molecule has 1 aliphatic rings. The Balaban J connectivity index is 2.69. The molecule has 3 N–H and O–H groups in total. The maximum Gasteiger partial charge on any atom is 0.501 e. The van der Waals surface area contributed by atoms with E-state index in [1.54, 1.807) is 0 Å². The van der Waals surface area contributed by atoms with Gasteiger partial charge in [-0.3, -0.25) is 0 Å². The Bertz CT molecular complexity index is 717. The molecule has 1 unspecified atom stereocenters. The molecule has 1 aromatic rings. The zero-order valence-corrected chi connectivity index (χ0v) is 12.2. The Morgan fingerprint density at radius 1 is 1.35 bits per heavy atom. The first-order valence-corrected chi connectivity index (χ1v) is 7.77. The number of alkyl halides is 5. The van der Waals surface area contributed by atoms with Crippen LogP contribution in [0.25, 0.3) is 0 Å². The van der Waals surface area contributed by atoms with E-state index >= 15 is 0 Å². The lowest BCUT2D eigenvalue weighted by Gasteiger charge is -2.17. The molecule has 2 rings (SSSR count). The molecule has 0 saturated heterocycles. The highest BCUT2D eigenvalue weighted by Gasteiger charge is 2.55. The molecule has 5 nitrogen and oxygen atoms in total. The van der Waals surface area contributed by atoms with E-state index in [0.717, 1.165) is 6.07 Å². The predicted octanol–water partition coefficient (Wildman–Crippen LogP) is 1.54. The summed E-state index contributed by atoms with van der Waals surface area (Å²) < 4.78 is 93.7. The molecule has 0 fully saturated rings. The van der Waals surface area contributed by atoms with Crippen molar-refractivity contribution >= 4 is 9.84 Å². The summed E-state index contributed by atoms with van der Waals surface area (Å²) in [4.78, 5) is -1.40. The van der Waals surface area contributed by atoms with Crippen LogP contribution in [0.2, 0.25) is 0 Å². The van der Waals surface area contributed by atoms with E-state index in [-0.39, 0.29) is 18.9 Å². The standard InChI is InChI=1S/C12H12F5NO4S/c13-11(14)5-6-7(22-4-3-18)1-2-8(9(6)10(11)19)23(20,21)12(15,16)17/h1-2,10,19H,3-5,18H2. The lowest BCUT2D eigenvalue weighted by Crippen LogP contribution is -2.26. The van der Waals surface area contributed by atoms with E-state index in [4.69, 9.17) is 10.5 Å². The Hall–Kier alpha value is -1.46. The predicted molar refractivity (Wildman–Crippen MR) is 67.8 cm³/mol. The molecular weight excluding hydrogens is 349 g/mol. The van der Waals surface area contributed by atoms with Crippen molar-refractivity contribution in [1.82, 2.24) is 0 Å². The van der Waals surface area contributed by atoms with Gasteiger partial charge in [-0.2, -0.15) is 13.2 Å². The number of rotatable bonds is 4. The van der Waals surface area contributed by atoms with Crippen LogP contribution in [0.1, 0.15) is 17.2 Å². The molecule has 0 aromatic heterocycles. The zero-order valence-electron chi connectivity index (χ0n) is 11.4. The van der Waals surface area contributed by atoms with Crippen molar-refractivity contribution in [3.63, 3.8) is 0 Å². The maximum atomic E-state index is 13.7. The fourth-order valence-corrected chi connectivity index (χ4v) is 3.33. The lowest BCUT2D eigenvalue weighted by atomic mass is 10.1. The minimum Gasteiger partial charge on any atom is -0.492 e. The summed E-state index contributed by atoms with van der Waals surface area (Å²) in [5.41, 5.74) is -1.95. The summed E-state index contributed by atoms with van der Waals surface area (Å²) in [5.74, 6) is -4.04. The van der Waals surface area contributed by atoms with Gasteiger partial charge in [0.15, 0.2) is 0 Å². The number of sulfone groups is 1. The number of halogens is 5. The number of ether oxygens (including phenoxy) is 1. The van der Waals surface area contributed by atoms with Crippen molar-refractivity contribution in [3.05, 3.63) is 23.3 Å². The molecule has 0 spiro atoms. The number of aliphatic hydroxyl groups excluding tert-OH is 1. The summed E-state index contributed by atoms with van der Waals surface area (Å²) in [5, 5.41) is 9.61. The number of hydrogen-bond donors (Lipinski definition) is 2. The SMILES string of the molecule is NCCOc1ccc(S(=O)(=O)C(F)(F)F)c2c1CC(F)(F)C2O. The largest absolute Gasteiger partial charge is 0.501 e. The Kier molecular flexibility index (Phi) is 4.33. The average Bonchev–Trinajstić information content (AvgIpc) is 2.66. The van der Waals surface area contributed by atoms with Crippen LogP contribution in [0.4, 0.5) is 22.0 Å². The fourth-order valence-electron chi connectivity index (χ4n) is 2.31. The normalized spacial score (nSPS) is 20.4. The van der Waals surface area contributed by atoms with E-state index in [1.807, 2.05) is 0 Å². The first kappa shape index (κ1) is 17.9.